The summed E-state index contributed by atoms with van der Waals surface area (Å²) in [6.45, 7) is 11.7. The van der Waals surface area contributed by atoms with E-state index < -0.39 is 0 Å². The van der Waals surface area contributed by atoms with Crippen molar-refractivity contribution in [2.75, 3.05) is 6.61 Å². The van der Waals surface area contributed by atoms with Crippen LogP contribution in [0.5, 0.6) is 5.75 Å². The van der Waals surface area contributed by atoms with Crippen LogP contribution < -0.4 is 10.1 Å². The fourth-order valence-electron chi connectivity index (χ4n) is 3.96. The Balaban J connectivity index is 1.70. The van der Waals surface area contributed by atoms with Gasteiger partial charge in [-0.2, -0.15) is 0 Å². The zero-order chi connectivity index (χ0) is 24.1. The lowest BCUT2D eigenvalue weighted by Gasteiger charge is -2.19. The number of nitrogens with zero attached hydrogens (tertiary/aromatic N) is 2. The molecule has 2 heterocycles. The van der Waals surface area contributed by atoms with E-state index in [0.29, 0.717) is 25.4 Å². The van der Waals surface area contributed by atoms with Crippen LogP contribution in [0.25, 0.3) is 10.9 Å². The van der Waals surface area contributed by atoms with Gasteiger partial charge in [0.1, 0.15) is 18.1 Å². The number of ether oxygens (including phenoxy) is 1. The summed E-state index contributed by atoms with van der Waals surface area (Å²) in [6.07, 6.45) is 5.20. The second-order valence-corrected chi connectivity index (χ2v) is 9.40. The molecule has 0 aliphatic carbocycles. The van der Waals surface area contributed by atoms with Crippen LogP contribution in [-0.4, -0.2) is 22.1 Å². The lowest BCUT2D eigenvalue weighted by atomic mass is 9.87. The molecule has 0 saturated carbocycles. The predicted octanol–water partition coefficient (Wildman–Crippen LogP) is 5.88. The first-order chi connectivity index (χ1) is 16.4. The standard InChI is InChI=1S/C29H31N3O2/c1-5-16-34-27-10-6-9-25-24(27)17-26(28(33)31-19-22-8-7-15-30-18-22)32(25)20-21-11-13-23(14-12-21)29(2,3)4/h5-15,17-18H,1,16,19-20H2,2-4H3,(H,31,33). The van der Waals surface area contributed by atoms with E-state index >= 15 is 0 Å². The maximum atomic E-state index is 13.3. The topological polar surface area (TPSA) is 56.1 Å². The number of amides is 1. The van der Waals surface area contributed by atoms with Gasteiger partial charge in [0.25, 0.3) is 5.91 Å². The quantitative estimate of drug-likeness (QED) is 0.339. The first-order valence-corrected chi connectivity index (χ1v) is 11.5. The van der Waals surface area contributed by atoms with Crippen molar-refractivity contribution >= 4 is 16.8 Å². The highest BCUT2D eigenvalue weighted by Gasteiger charge is 2.19. The zero-order valence-electron chi connectivity index (χ0n) is 20.0. The van der Waals surface area contributed by atoms with Crippen molar-refractivity contribution in [1.29, 1.82) is 0 Å². The normalized spacial score (nSPS) is 11.4. The first kappa shape index (κ1) is 23.3. The maximum Gasteiger partial charge on any atom is 0.268 e. The van der Waals surface area contributed by atoms with Crippen LogP contribution in [0, 0.1) is 0 Å². The van der Waals surface area contributed by atoms with Gasteiger partial charge in [-0.1, -0.05) is 69.8 Å². The van der Waals surface area contributed by atoms with Gasteiger partial charge in [-0.3, -0.25) is 9.78 Å². The van der Waals surface area contributed by atoms with Crippen LogP contribution in [0.4, 0.5) is 0 Å². The number of pyridine rings is 1. The summed E-state index contributed by atoms with van der Waals surface area (Å²) in [5.41, 5.74) is 4.99. The van der Waals surface area contributed by atoms with E-state index in [9.17, 15) is 4.79 Å². The largest absolute Gasteiger partial charge is 0.489 e. The second-order valence-electron chi connectivity index (χ2n) is 9.40. The number of rotatable bonds is 8. The molecule has 0 spiro atoms. The zero-order valence-corrected chi connectivity index (χ0v) is 20.0. The molecule has 0 radical (unpaired) electrons. The summed E-state index contributed by atoms with van der Waals surface area (Å²) in [7, 11) is 0. The van der Waals surface area contributed by atoms with Crippen molar-refractivity contribution in [3.8, 4) is 5.75 Å². The van der Waals surface area contributed by atoms with E-state index in [0.717, 1.165) is 27.8 Å². The van der Waals surface area contributed by atoms with Gasteiger partial charge in [0.15, 0.2) is 0 Å². The molecule has 1 N–H and O–H groups in total. The number of fused-ring (bicyclic) bond motifs is 1. The van der Waals surface area contributed by atoms with Gasteiger partial charge in [-0.15, -0.1) is 0 Å². The Morgan fingerprint density at radius 1 is 1.09 bits per heavy atom. The third-order valence-electron chi connectivity index (χ3n) is 5.83. The molecule has 34 heavy (non-hydrogen) atoms. The molecule has 0 atom stereocenters. The molecule has 0 saturated heterocycles. The minimum atomic E-state index is -0.138. The Bertz CT molecular complexity index is 1280. The molecule has 5 heteroatoms. The summed E-state index contributed by atoms with van der Waals surface area (Å²) < 4.78 is 7.93. The Kier molecular flexibility index (Phi) is 6.82. The van der Waals surface area contributed by atoms with Crippen molar-refractivity contribution in [3.05, 3.63) is 108 Å². The third-order valence-corrected chi connectivity index (χ3v) is 5.83. The Morgan fingerprint density at radius 2 is 1.88 bits per heavy atom. The molecule has 0 aliphatic heterocycles. The van der Waals surface area contributed by atoms with Crippen molar-refractivity contribution in [1.82, 2.24) is 14.9 Å². The molecule has 2 aromatic carbocycles. The Hall–Kier alpha value is -3.86. The van der Waals surface area contributed by atoms with Crippen molar-refractivity contribution in [3.63, 3.8) is 0 Å². The van der Waals surface area contributed by atoms with E-state index in [1.807, 2.05) is 36.4 Å². The highest BCUT2D eigenvalue weighted by atomic mass is 16.5. The van der Waals surface area contributed by atoms with Crippen molar-refractivity contribution in [2.45, 2.75) is 39.3 Å². The lowest BCUT2D eigenvalue weighted by Crippen LogP contribution is -2.25. The van der Waals surface area contributed by atoms with E-state index in [-0.39, 0.29) is 11.3 Å². The number of carbonyl (C=O) groups is 1. The third kappa shape index (κ3) is 5.20. The monoisotopic (exact) mass is 453 g/mol. The van der Waals surface area contributed by atoms with Crippen LogP contribution >= 0.6 is 0 Å². The van der Waals surface area contributed by atoms with Crippen molar-refractivity contribution < 1.29 is 9.53 Å². The van der Waals surface area contributed by atoms with Gasteiger partial charge in [0, 0.05) is 30.9 Å². The van der Waals surface area contributed by atoms with Gasteiger partial charge in [0.05, 0.1) is 5.52 Å². The number of benzene rings is 2. The maximum absolute atomic E-state index is 13.3. The lowest BCUT2D eigenvalue weighted by molar-refractivity contribution is 0.0942. The highest BCUT2D eigenvalue weighted by molar-refractivity contribution is 6.00. The minimum Gasteiger partial charge on any atom is -0.489 e. The summed E-state index contributed by atoms with van der Waals surface area (Å²) in [5.74, 6) is 0.599. The SMILES string of the molecule is C=CCOc1cccc2c1cc(C(=O)NCc1cccnc1)n2Cc1ccc(C(C)(C)C)cc1. The number of aromatic nitrogens is 2. The predicted molar refractivity (Wildman–Crippen MR) is 137 cm³/mol. The molecule has 4 aromatic rings. The van der Waals surface area contributed by atoms with E-state index in [2.05, 4.69) is 66.5 Å². The van der Waals surface area contributed by atoms with Crippen LogP contribution in [0.2, 0.25) is 0 Å². The molecule has 0 bridgehead atoms. The first-order valence-electron chi connectivity index (χ1n) is 11.5. The highest BCUT2D eigenvalue weighted by Crippen LogP contribution is 2.30. The Morgan fingerprint density at radius 3 is 2.56 bits per heavy atom. The molecule has 0 unspecified atom stereocenters. The number of hydrogen-bond acceptors (Lipinski definition) is 3. The molecule has 0 fully saturated rings. The van der Waals surface area contributed by atoms with Crippen LogP contribution in [0.1, 0.15) is 48.0 Å². The number of nitrogens with one attached hydrogen (secondary N) is 1. The fourth-order valence-corrected chi connectivity index (χ4v) is 3.96. The molecule has 2 aromatic heterocycles. The average Bonchev–Trinajstić information content (AvgIpc) is 3.20. The van der Waals surface area contributed by atoms with Crippen LogP contribution in [0.3, 0.4) is 0 Å². The van der Waals surface area contributed by atoms with Gasteiger partial charge in [0.2, 0.25) is 0 Å². The fraction of sp³-hybridized carbons (Fsp3) is 0.241. The Labute approximate surface area is 201 Å². The smallest absolute Gasteiger partial charge is 0.268 e. The second kappa shape index (κ2) is 9.96. The molecular formula is C29H31N3O2. The summed E-state index contributed by atoms with van der Waals surface area (Å²) in [5, 5.41) is 3.94. The molecular weight excluding hydrogens is 422 g/mol. The van der Waals surface area contributed by atoms with Crippen molar-refractivity contribution in [2.24, 2.45) is 0 Å². The summed E-state index contributed by atoms with van der Waals surface area (Å²) in [6, 6.07) is 20.2. The molecule has 0 aliphatic rings. The molecule has 174 valence electrons. The van der Waals surface area contributed by atoms with Gasteiger partial charge in [-0.25, -0.2) is 0 Å². The van der Waals surface area contributed by atoms with Gasteiger partial charge < -0.3 is 14.6 Å². The summed E-state index contributed by atoms with van der Waals surface area (Å²) >= 11 is 0. The van der Waals surface area contributed by atoms with E-state index in [1.165, 1.54) is 5.56 Å². The summed E-state index contributed by atoms with van der Waals surface area (Å²) in [4.78, 5) is 17.4. The molecule has 5 nitrogen and oxygen atoms in total. The molecule has 4 rings (SSSR count). The molecule has 1 amide bonds. The van der Waals surface area contributed by atoms with Gasteiger partial charge >= 0.3 is 0 Å². The average molecular weight is 454 g/mol. The van der Waals surface area contributed by atoms with Gasteiger partial charge in [-0.05, 0) is 46.4 Å². The number of carbonyl (C=O) groups excluding carboxylic acids is 1. The van der Waals surface area contributed by atoms with E-state index in [4.69, 9.17) is 4.74 Å². The minimum absolute atomic E-state index is 0.0907. The number of hydrogen-bond donors (Lipinski definition) is 1. The van der Waals surface area contributed by atoms with Crippen LogP contribution in [-0.2, 0) is 18.5 Å². The van der Waals surface area contributed by atoms with E-state index in [1.54, 1.807) is 18.5 Å². The van der Waals surface area contributed by atoms with Crippen LogP contribution in [0.15, 0.2) is 85.7 Å².